The van der Waals surface area contributed by atoms with E-state index in [0.717, 1.165) is 45.7 Å². The van der Waals surface area contributed by atoms with Crippen molar-refractivity contribution < 1.29 is 0 Å². The maximum absolute atomic E-state index is 6.29. The van der Waals surface area contributed by atoms with Crippen LogP contribution in [0.2, 0.25) is 0 Å². The number of nitrogens with two attached hydrogens (primary N) is 1. The van der Waals surface area contributed by atoms with Crippen molar-refractivity contribution >= 4 is 16.9 Å². The van der Waals surface area contributed by atoms with E-state index in [1.54, 1.807) is 0 Å². The summed E-state index contributed by atoms with van der Waals surface area (Å²) in [6, 6.07) is 7.40. The zero-order valence-electron chi connectivity index (χ0n) is 19.2. The molecule has 1 aliphatic heterocycles. The molecule has 4 aromatic rings. The molecule has 3 aromatic heterocycles. The molecule has 0 amide bonds. The van der Waals surface area contributed by atoms with Gasteiger partial charge in [-0.3, -0.25) is 4.68 Å². The molecule has 3 N–H and O–H groups in total. The maximum atomic E-state index is 6.29. The minimum absolute atomic E-state index is 0.0482. The van der Waals surface area contributed by atoms with Crippen LogP contribution in [-0.4, -0.2) is 37.3 Å². The third-order valence-electron chi connectivity index (χ3n) is 6.47. The smallest absolute Gasteiger partial charge is 0.156 e. The van der Waals surface area contributed by atoms with E-state index in [1.807, 2.05) is 30.2 Å². The van der Waals surface area contributed by atoms with Gasteiger partial charge < -0.3 is 15.6 Å². The molecular formula is C25H31N7. The van der Waals surface area contributed by atoms with Gasteiger partial charge in [-0.1, -0.05) is 0 Å². The maximum Gasteiger partial charge on any atom is 0.156 e. The Bertz CT molecular complexity index is 1250. The third-order valence-corrected chi connectivity index (χ3v) is 6.47. The number of aromatic nitrogens is 5. The Morgan fingerprint density at radius 3 is 2.66 bits per heavy atom. The number of nitrogens with one attached hydrogen (secondary N) is 1. The molecular weight excluding hydrogens is 398 g/mol. The molecule has 0 radical (unpaired) electrons. The minimum Gasteiger partial charge on any atom is -0.369 e. The lowest BCUT2D eigenvalue weighted by Crippen LogP contribution is -2.26. The monoisotopic (exact) mass is 429 g/mol. The van der Waals surface area contributed by atoms with Gasteiger partial charge in [0.1, 0.15) is 5.52 Å². The number of nitrogens with zero attached hydrogens (tertiary/aromatic N) is 5. The summed E-state index contributed by atoms with van der Waals surface area (Å²) in [5.74, 6) is 0. The van der Waals surface area contributed by atoms with Gasteiger partial charge in [-0.15, -0.1) is 0 Å². The fraction of sp³-hybridized carbons (Fsp3) is 0.400. The summed E-state index contributed by atoms with van der Waals surface area (Å²) in [5.41, 5.74) is 14.2. The van der Waals surface area contributed by atoms with E-state index in [4.69, 9.17) is 10.7 Å². The second-order valence-electron chi connectivity index (χ2n) is 9.24. The van der Waals surface area contributed by atoms with Crippen molar-refractivity contribution in [3.63, 3.8) is 0 Å². The van der Waals surface area contributed by atoms with Gasteiger partial charge in [0, 0.05) is 59.4 Å². The predicted molar refractivity (Wildman–Crippen MR) is 130 cm³/mol. The molecule has 7 heteroatoms. The topological polar surface area (TPSA) is 88.7 Å². The Morgan fingerprint density at radius 2 is 1.97 bits per heavy atom. The fourth-order valence-electron chi connectivity index (χ4n) is 4.54. The Balaban J connectivity index is 1.60. The van der Waals surface area contributed by atoms with Gasteiger partial charge >= 0.3 is 0 Å². The van der Waals surface area contributed by atoms with Crippen LogP contribution in [-0.2, 0) is 0 Å². The summed E-state index contributed by atoms with van der Waals surface area (Å²) in [6.45, 7) is 9.64. The van der Waals surface area contributed by atoms with Crippen LogP contribution in [0.5, 0.6) is 0 Å². The average Bonchev–Trinajstić information content (AvgIpc) is 3.51. The number of fused-ring (bicyclic) bond motifs is 1. The Hall–Kier alpha value is -3.19. The van der Waals surface area contributed by atoms with E-state index >= 15 is 0 Å². The number of anilines is 1. The molecule has 1 aromatic carbocycles. The van der Waals surface area contributed by atoms with Crippen LogP contribution in [0, 0.1) is 0 Å². The number of rotatable bonds is 5. The van der Waals surface area contributed by atoms with E-state index in [-0.39, 0.29) is 6.04 Å². The molecule has 1 unspecified atom stereocenters. The number of benzene rings is 1. The first-order chi connectivity index (χ1) is 15.4. The van der Waals surface area contributed by atoms with Crippen molar-refractivity contribution in [1.82, 2.24) is 24.7 Å². The lowest BCUT2D eigenvalue weighted by Gasteiger charge is -2.25. The summed E-state index contributed by atoms with van der Waals surface area (Å²) >= 11 is 0. The van der Waals surface area contributed by atoms with E-state index in [2.05, 4.69) is 65.1 Å². The molecule has 5 rings (SSSR count). The van der Waals surface area contributed by atoms with Gasteiger partial charge in [-0.05, 0) is 64.3 Å². The van der Waals surface area contributed by atoms with Crippen molar-refractivity contribution in [1.29, 1.82) is 0 Å². The van der Waals surface area contributed by atoms with Gasteiger partial charge in [0.05, 0.1) is 18.1 Å². The van der Waals surface area contributed by atoms with E-state index in [0.29, 0.717) is 12.1 Å². The highest BCUT2D eigenvalue weighted by Crippen LogP contribution is 2.33. The number of H-pyrrole nitrogens is 1. The number of hydrogen-bond donors (Lipinski definition) is 2. The van der Waals surface area contributed by atoms with Crippen LogP contribution >= 0.6 is 0 Å². The zero-order valence-corrected chi connectivity index (χ0v) is 19.2. The standard InChI is InChI=1S/C25H31N7/c1-15(2)32-14-20(11-29-32)22-12-27-25-24(22)30-23(13-28-25)19-8-18(17(4)26)9-21(10-19)31-7-5-6-16(31)3/h8-17H,5-7,26H2,1-4H3,(H,27,28)/t16-,17?/m1/s1. The molecule has 4 heterocycles. The minimum atomic E-state index is -0.0482. The molecule has 1 fully saturated rings. The van der Waals surface area contributed by atoms with E-state index in [1.165, 1.54) is 18.5 Å². The zero-order chi connectivity index (χ0) is 22.4. The van der Waals surface area contributed by atoms with E-state index in [9.17, 15) is 0 Å². The van der Waals surface area contributed by atoms with Crippen LogP contribution in [0.1, 0.15) is 58.2 Å². The molecule has 0 spiro atoms. The largest absolute Gasteiger partial charge is 0.369 e. The van der Waals surface area contributed by atoms with E-state index < -0.39 is 0 Å². The Kier molecular flexibility index (Phi) is 5.21. The first-order valence-electron chi connectivity index (χ1n) is 11.5. The lowest BCUT2D eigenvalue weighted by molar-refractivity contribution is 0.532. The Labute approximate surface area is 188 Å². The van der Waals surface area contributed by atoms with Gasteiger partial charge in [0.15, 0.2) is 5.65 Å². The van der Waals surface area contributed by atoms with Crippen molar-refractivity contribution in [2.45, 2.75) is 58.7 Å². The van der Waals surface area contributed by atoms with Crippen molar-refractivity contribution in [3.05, 3.63) is 48.5 Å². The molecule has 0 aliphatic carbocycles. The molecule has 1 saturated heterocycles. The number of hydrogen-bond acceptors (Lipinski definition) is 5. The van der Waals surface area contributed by atoms with Crippen LogP contribution < -0.4 is 10.6 Å². The van der Waals surface area contributed by atoms with Crippen molar-refractivity contribution in [2.24, 2.45) is 5.73 Å². The van der Waals surface area contributed by atoms with Crippen LogP contribution in [0.15, 0.2) is 43.0 Å². The quantitative estimate of drug-likeness (QED) is 0.462. The van der Waals surface area contributed by atoms with Crippen LogP contribution in [0.4, 0.5) is 5.69 Å². The van der Waals surface area contributed by atoms with Gasteiger partial charge in [-0.25, -0.2) is 9.97 Å². The molecule has 32 heavy (non-hydrogen) atoms. The predicted octanol–water partition coefficient (Wildman–Crippen LogP) is 5.08. The molecule has 0 bridgehead atoms. The second kappa shape index (κ2) is 8.06. The van der Waals surface area contributed by atoms with Crippen LogP contribution in [0.25, 0.3) is 33.5 Å². The van der Waals surface area contributed by atoms with Crippen LogP contribution in [0.3, 0.4) is 0 Å². The summed E-state index contributed by atoms with van der Waals surface area (Å²) in [7, 11) is 0. The molecule has 166 valence electrons. The first kappa shape index (κ1) is 20.7. The number of aromatic amines is 1. The molecule has 0 saturated carbocycles. The SMILES string of the molecule is CC(N)c1cc(-c2cnc3[nH]cc(-c4cnn(C(C)C)c4)c3n2)cc(N2CCC[C@H]2C)c1. The first-order valence-corrected chi connectivity index (χ1v) is 11.5. The Morgan fingerprint density at radius 1 is 1.12 bits per heavy atom. The normalized spacial score (nSPS) is 17.6. The third kappa shape index (κ3) is 3.66. The van der Waals surface area contributed by atoms with Gasteiger partial charge in [0.25, 0.3) is 0 Å². The second-order valence-corrected chi connectivity index (χ2v) is 9.24. The van der Waals surface area contributed by atoms with Gasteiger partial charge in [0.2, 0.25) is 0 Å². The molecule has 7 nitrogen and oxygen atoms in total. The summed E-state index contributed by atoms with van der Waals surface area (Å²) < 4.78 is 1.96. The summed E-state index contributed by atoms with van der Waals surface area (Å²) in [5, 5.41) is 4.49. The molecule has 1 aliphatic rings. The van der Waals surface area contributed by atoms with Gasteiger partial charge in [-0.2, -0.15) is 5.10 Å². The fourth-order valence-corrected chi connectivity index (χ4v) is 4.54. The highest BCUT2D eigenvalue weighted by molar-refractivity contribution is 5.91. The molecule has 2 atom stereocenters. The lowest BCUT2D eigenvalue weighted by atomic mass is 10.0. The summed E-state index contributed by atoms with van der Waals surface area (Å²) in [4.78, 5) is 15.4. The summed E-state index contributed by atoms with van der Waals surface area (Å²) in [6.07, 6.45) is 10.2. The highest BCUT2D eigenvalue weighted by Gasteiger charge is 2.22. The van der Waals surface area contributed by atoms with Crippen molar-refractivity contribution in [3.8, 4) is 22.4 Å². The van der Waals surface area contributed by atoms with Crippen molar-refractivity contribution in [2.75, 3.05) is 11.4 Å². The average molecular weight is 430 g/mol. The highest BCUT2D eigenvalue weighted by atomic mass is 15.3.